The number of hydrogen-bond donors (Lipinski definition) is 2. The van der Waals surface area contributed by atoms with Gasteiger partial charge in [0.15, 0.2) is 0 Å². The monoisotopic (exact) mass is 244 g/mol. The summed E-state index contributed by atoms with van der Waals surface area (Å²) in [5.41, 5.74) is 10.2. The molecule has 3 N–H and O–H groups in total. The fraction of sp³-hybridized carbons (Fsp3) is 0.200. The highest BCUT2D eigenvalue weighted by Crippen LogP contribution is 2.31. The maximum absolute atomic E-state index is 5.85. The first-order valence-corrected chi connectivity index (χ1v) is 5.70. The Labute approximate surface area is 109 Å². The highest BCUT2D eigenvalue weighted by Gasteiger charge is 2.10. The summed E-state index contributed by atoms with van der Waals surface area (Å²) in [5, 5.41) is 3.21. The molecule has 0 spiro atoms. The Morgan fingerprint density at radius 2 is 2.11 bits per heavy atom. The largest absolute Gasteiger partial charge is 0.494 e. The molecule has 1 aromatic rings. The van der Waals surface area contributed by atoms with Crippen LogP contribution in [0.15, 0.2) is 43.1 Å². The molecule has 1 rings (SSSR count). The Hall–Kier alpha value is -2.16. The van der Waals surface area contributed by atoms with Crippen LogP contribution in [0.2, 0.25) is 0 Å². The van der Waals surface area contributed by atoms with Crippen LogP contribution in [-0.2, 0) is 0 Å². The average molecular weight is 244 g/mol. The minimum Gasteiger partial charge on any atom is -0.494 e. The molecule has 0 aliphatic rings. The SMILES string of the molecule is C=C/C=C(\C)NC(=C)c1ccc(N)c(OC)c1C. The molecule has 0 aromatic heterocycles. The number of benzene rings is 1. The second kappa shape index (κ2) is 5.96. The van der Waals surface area contributed by atoms with E-state index in [0.717, 1.165) is 22.5 Å². The third kappa shape index (κ3) is 2.94. The zero-order valence-electron chi connectivity index (χ0n) is 11.2. The van der Waals surface area contributed by atoms with Crippen molar-refractivity contribution in [1.82, 2.24) is 5.32 Å². The summed E-state index contributed by atoms with van der Waals surface area (Å²) in [4.78, 5) is 0. The molecule has 0 saturated carbocycles. The van der Waals surface area contributed by atoms with E-state index in [4.69, 9.17) is 10.5 Å². The van der Waals surface area contributed by atoms with Crippen molar-refractivity contribution in [2.45, 2.75) is 13.8 Å². The van der Waals surface area contributed by atoms with Crippen LogP contribution in [0.1, 0.15) is 18.1 Å². The summed E-state index contributed by atoms with van der Waals surface area (Å²) in [7, 11) is 1.61. The number of nitrogens with two attached hydrogens (primary N) is 1. The van der Waals surface area contributed by atoms with Crippen molar-refractivity contribution < 1.29 is 4.74 Å². The zero-order valence-corrected chi connectivity index (χ0v) is 11.2. The summed E-state index contributed by atoms with van der Waals surface area (Å²) in [6.45, 7) is 11.6. The van der Waals surface area contributed by atoms with Gasteiger partial charge in [-0.2, -0.15) is 0 Å². The number of hydrogen-bond acceptors (Lipinski definition) is 3. The van der Waals surface area contributed by atoms with Gasteiger partial charge in [-0.05, 0) is 26.0 Å². The topological polar surface area (TPSA) is 47.3 Å². The van der Waals surface area contributed by atoms with Crippen LogP contribution in [0.25, 0.3) is 5.70 Å². The van der Waals surface area contributed by atoms with Gasteiger partial charge in [-0.15, -0.1) is 0 Å². The Kier molecular flexibility index (Phi) is 4.60. The molecule has 0 radical (unpaired) electrons. The Bertz CT molecular complexity index is 501. The zero-order chi connectivity index (χ0) is 13.7. The summed E-state index contributed by atoms with van der Waals surface area (Å²) in [5.74, 6) is 0.695. The highest BCUT2D eigenvalue weighted by atomic mass is 16.5. The Morgan fingerprint density at radius 3 is 2.67 bits per heavy atom. The molecule has 1 aromatic carbocycles. The van der Waals surface area contributed by atoms with Gasteiger partial charge in [-0.25, -0.2) is 0 Å². The van der Waals surface area contributed by atoms with E-state index in [2.05, 4.69) is 18.5 Å². The van der Waals surface area contributed by atoms with Crippen molar-refractivity contribution in [3.8, 4) is 5.75 Å². The van der Waals surface area contributed by atoms with Gasteiger partial charge in [0.2, 0.25) is 0 Å². The van der Waals surface area contributed by atoms with E-state index in [1.807, 2.05) is 32.1 Å². The van der Waals surface area contributed by atoms with Crippen molar-refractivity contribution in [2.24, 2.45) is 0 Å². The molecule has 0 heterocycles. The van der Waals surface area contributed by atoms with Crippen LogP contribution < -0.4 is 15.8 Å². The summed E-state index contributed by atoms with van der Waals surface area (Å²) >= 11 is 0. The predicted molar refractivity (Wildman–Crippen MR) is 78.3 cm³/mol. The van der Waals surface area contributed by atoms with E-state index in [-0.39, 0.29) is 0 Å². The van der Waals surface area contributed by atoms with Gasteiger partial charge in [-0.1, -0.05) is 25.3 Å². The molecule has 0 unspecified atom stereocenters. The van der Waals surface area contributed by atoms with Crippen LogP contribution in [0.4, 0.5) is 5.69 Å². The Balaban J connectivity index is 3.07. The molecule has 3 nitrogen and oxygen atoms in total. The van der Waals surface area contributed by atoms with Crippen LogP contribution in [0.5, 0.6) is 5.75 Å². The van der Waals surface area contributed by atoms with Gasteiger partial charge in [0.1, 0.15) is 5.75 Å². The number of allylic oxidation sites excluding steroid dienone is 3. The molecule has 0 aliphatic carbocycles. The first-order valence-electron chi connectivity index (χ1n) is 5.70. The molecule has 0 fully saturated rings. The molecular weight excluding hydrogens is 224 g/mol. The van der Waals surface area contributed by atoms with Gasteiger partial charge >= 0.3 is 0 Å². The predicted octanol–water partition coefficient (Wildman–Crippen LogP) is 3.24. The number of nitrogen functional groups attached to an aromatic ring is 1. The van der Waals surface area contributed by atoms with Crippen molar-refractivity contribution in [3.63, 3.8) is 0 Å². The molecule has 0 saturated heterocycles. The van der Waals surface area contributed by atoms with Gasteiger partial charge in [0.25, 0.3) is 0 Å². The first kappa shape index (κ1) is 13.9. The van der Waals surface area contributed by atoms with E-state index < -0.39 is 0 Å². The summed E-state index contributed by atoms with van der Waals surface area (Å²) < 4.78 is 5.29. The molecule has 0 bridgehead atoms. The van der Waals surface area contributed by atoms with E-state index in [9.17, 15) is 0 Å². The van der Waals surface area contributed by atoms with E-state index in [1.165, 1.54) is 0 Å². The molecule has 18 heavy (non-hydrogen) atoms. The van der Waals surface area contributed by atoms with E-state index >= 15 is 0 Å². The average Bonchev–Trinajstić information content (AvgIpc) is 2.29. The van der Waals surface area contributed by atoms with Gasteiger partial charge in [-0.3, -0.25) is 0 Å². The van der Waals surface area contributed by atoms with Crippen LogP contribution >= 0.6 is 0 Å². The highest BCUT2D eigenvalue weighted by molar-refractivity contribution is 5.72. The normalized spacial score (nSPS) is 10.9. The summed E-state index contributed by atoms with van der Waals surface area (Å²) in [6.07, 6.45) is 3.61. The molecule has 3 heteroatoms. The van der Waals surface area contributed by atoms with Gasteiger partial charge < -0.3 is 15.8 Å². The minimum atomic E-state index is 0.630. The fourth-order valence-corrected chi connectivity index (χ4v) is 1.83. The first-order chi connectivity index (χ1) is 8.51. The van der Waals surface area contributed by atoms with Crippen molar-refractivity contribution in [3.05, 3.63) is 54.3 Å². The van der Waals surface area contributed by atoms with Crippen LogP contribution in [-0.4, -0.2) is 7.11 Å². The molecule has 0 atom stereocenters. The van der Waals surface area contributed by atoms with Gasteiger partial charge in [0, 0.05) is 22.5 Å². The molecule has 0 amide bonds. The third-order valence-electron chi connectivity index (χ3n) is 2.68. The molecule has 0 aliphatic heterocycles. The lowest BCUT2D eigenvalue weighted by atomic mass is 10.0. The lowest BCUT2D eigenvalue weighted by molar-refractivity contribution is 0.413. The van der Waals surface area contributed by atoms with Gasteiger partial charge in [0.05, 0.1) is 12.8 Å². The number of ether oxygens (including phenoxy) is 1. The summed E-state index contributed by atoms with van der Waals surface area (Å²) in [6, 6.07) is 3.75. The van der Waals surface area contributed by atoms with Crippen molar-refractivity contribution >= 4 is 11.4 Å². The lowest BCUT2D eigenvalue weighted by Crippen LogP contribution is -2.10. The van der Waals surface area contributed by atoms with Crippen LogP contribution in [0.3, 0.4) is 0 Å². The second-order valence-corrected chi connectivity index (χ2v) is 4.05. The minimum absolute atomic E-state index is 0.630. The third-order valence-corrected chi connectivity index (χ3v) is 2.68. The standard InChI is InChI=1S/C15H20N2O/c1-6-7-10(2)17-12(4)13-8-9-14(16)15(18-5)11(13)3/h6-9,17H,1,4,16H2,2-3,5H3/b10-7+. The van der Waals surface area contributed by atoms with Crippen molar-refractivity contribution in [2.75, 3.05) is 12.8 Å². The maximum Gasteiger partial charge on any atom is 0.145 e. The second-order valence-electron chi connectivity index (χ2n) is 4.05. The van der Waals surface area contributed by atoms with E-state index in [1.54, 1.807) is 13.2 Å². The van der Waals surface area contributed by atoms with Crippen LogP contribution in [0, 0.1) is 6.92 Å². The van der Waals surface area contributed by atoms with Crippen molar-refractivity contribution in [1.29, 1.82) is 0 Å². The molecule has 96 valence electrons. The number of rotatable bonds is 5. The number of methoxy groups -OCH3 is 1. The Morgan fingerprint density at radius 1 is 1.44 bits per heavy atom. The van der Waals surface area contributed by atoms with E-state index in [0.29, 0.717) is 11.4 Å². The number of anilines is 1. The smallest absolute Gasteiger partial charge is 0.145 e. The quantitative estimate of drug-likeness (QED) is 0.617. The lowest BCUT2D eigenvalue weighted by Gasteiger charge is -2.16. The maximum atomic E-state index is 5.85. The number of nitrogens with one attached hydrogen (secondary N) is 1. The fourth-order valence-electron chi connectivity index (χ4n) is 1.83. The molecular formula is C15H20N2O.